The fourth-order valence-corrected chi connectivity index (χ4v) is 2.25. The normalized spacial score (nSPS) is 18.9. The zero-order chi connectivity index (χ0) is 11.4. The van der Waals surface area contributed by atoms with Gasteiger partial charge in [0.1, 0.15) is 6.10 Å². The van der Waals surface area contributed by atoms with Crippen molar-refractivity contribution >= 4 is 5.97 Å². The summed E-state index contributed by atoms with van der Waals surface area (Å²) in [5, 5.41) is 0. The average Bonchev–Trinajstić information content (AvgIpc) is 2.30. The molecule has 1 atom stereocenters. The van der Waals surface area contributed by atoms with Crippen molar-refractivity contribution in [3.05, 3.63) is 35.4 Å². The van der Waals surface area contributed by atoms with E-state index in [9.17, 15) is 4.79 Å². The van der Waals surface area contributed by atoms with Crippen LogP contribution in [0, 0.1) is 0 Å². The Kier molecular flexibility index (Phi) is 3.60. The van der Waals surface area contributed by atoms with Gasteiger partial charge in [0, 0.05) is 6.42 Å². The lowest BCUT2D eigenvalue weighted by atomic mass is 9.89. The van der Waals surface area contributed by atoms with Crippen molar-refractivity contribution in [3.63, 3.8) is 0 Å². The van der Waals surface area contributed by atoms with Crippen LogP contribution in [0.4, 0.5) is 0 Å². The number of rotatable bonds is 3. The van der Waals surface area contributed by atoms with Crippen LogP contribution in [0.2, 0.25) is 0 Å². The number of benzene rings is 1. The molecule has 2 nitrogen and oxygen atoms in total. The van der Waals surface area contributed by atoms with Crippen LogP contribution in [0.1, 0.15) is 49.8 Å². The van der Waals surface area contributed by atoms with Crippen molar-refractivity contribution < 1.29 is 9.53 Å². The lowest BCUT2D eigenvalue weighted by Gasteiger charge is -2.25. The van der Waals surface area contributed by atoms with Crippen molar-refractivity contribution in [2.24, 2.45) is 0 Å². The average molecular weight is 218 g/mol. The van der Waals surface area contributed by atoms with Crippen molar-refractivity contribution in [1.82, 2.24) is 0 Å². The third-order valence-corrected chi connectivity index (χ3v) is 3.04. The predicted octanol–water partition coefficient (Wildman–Crippen LogP) is 3.41. The molecular weight excluding hydrogens is 200 g/mol. The van der Waals surface area contributed by atoms with E-state index in [2.05, 4.69) is 18.2 Å². The summed E-state index contributed by atoms with van der Waals surface area (Å²) in [7, 11) is 0. The Bertz CT molecular complexity index is 371. The topological polar surface area (TPSA) is 26.3 Å². The number of hydrogen-bond donors (Lipinski definition) is 0. The molecule has 2 rings (SSSR count). The molecule has 2 heteroatoms. The van der Waals surface area contributed by atoms with Crippen LogP contribution in [0.25, 0.3) is 0 Å². The molecule has 0 bridgehead atoms. The molecular formula is C14H18O2. The predicted molar refractivity (Wildman–Crippen MR) is 63.1 cm³/mol. The highest BCUT2D eigenvalue weighted by Gasteiger charge is 2.22. The molecule has 0 heterocycles. The molecule has 0 amide bonds. The SMILES string of the molecule is CCCC(=O)O[C@H]1CCCc2ccccc21. The van der Waals surface area contributed by atoms with Crippen molar-refractivity contribution in [1.29, 1.82) is 0 Å². The van der Waals surface area contributed by atoms with Gasteiger partial charge in [0.25, 0.3) is 0 Å². The largest absolute Gasteiger partial charge is 0.457 e. The third kappa shape index (κ3) is 2.43. The van der Waals surface area contributed by atoms with Crippen LogP contribution >= 0.6 is 0 Å². The molecule has 1 aromatic rings. The Morgan fingerprint density at radius 2 is 2.25 bits per heavy atom. The second-order valence-corrected chi connectivity index (χ2v) is 4.32. The van der Waals surface area contributed by atoms with Gasteiger partial charge in [0.2, 0.25) is 0 Å². The molecule has 0 unspecified atom stereocenters. The van der Waals surface area contributed by atoms with Gasteiger partial charge in [-0.1, -0.05) is 31.2 Å². The maximum absolute atomic E-state index is 11.5. The van der Waals surface area contributed by atoms with Crippen molar-refractivity contribution in [2.75, 3.05) is 0 Å². The van der Waals surface area contributed by atoms with Gasteiger partial charge in [0.15, 0.2) is 0 Å². The van der Waals surface area contributed by atoms with Crippen LogP contribution in [-0.4, -0.2) is 5.97 Å². The van der Waals surface area contributed by atoms with Gasteiger partial charge in [-0.05, 0) is 36.8 Å². The van der Waals surface area contributed by atoms with Gasteiger partial charge in [-0.3, -0.25) is 4.79 Å². The number of esters is 1. The van der Waals surface area contributed by atoms with Gasteiger partial charge < -0.3 is 4.74 Å². The summed E-state index contributed by atoms with van der Waals surface area (Å²) in [4.78, 5) is 11.5. The minimum Gasteiger partial charge on any atom is -0.457 e. The summed E-state index contributed by atoms with van der Waals surface area (Å²) in [5.74, 6) is -0.0656. The maximum atomic E-state index is 11.5. The molecule has 0 N–H and O–H groups in total. The Labute approximate surface area is 96.6 Å². The fourth-order valence-electron chi connectivity index (χ4n) is 2.25. The van der Waals surface area contributed by atoms with E-state index in [4.69, 9.17) is 4.74 Å². The van der Waals surface area contributed by atoms with E-state index in [0.29, 0.717) is 6.42 Å². The molecule has 0 aliphatic heterocycles. The summed E-state index contributed by atoms with van der Waals surface area (Å²) in [6.45, 7) is 2.00. The molecule has 0 spiro atoms. The summed E-state index contributed by atoms with van der Waals surface area (Å²) in [6.07, 6.45) is 4.56. The van der Waals surface area contributed by atoms with E-state index in [1.54, 1.807) is 0 Å². The van der Waals surface area contributed by atoms with E-state index in [-0.39, 0.29) is 12.1 Å². The molecule has 16 heavy (non-hydrogen) atoms. The van der Waals surface area contributed by atoms with Crippen LogP contribution in [0.3, 0.4) is 0 Å². The van der Waals surface area contributed by atoms with E-state index in [1.807, 2.05) is 13.0 Å². The van der Waals surface area contributed by atoms with Crippen LogP contribution in [0.5, 0.6) is 0 Å². The Hall–Kier alpha value is -1.31. The van der Waals surface area contributed by atoms with Gasteiger partial charge in [-0.2, -0.15) is 0 Å². The quantitative estimate of drug-likeness (QED) is 0.727. The van der Waals surface area contributed by atoms with Gasteiger partial charge in [-0.25, -0.2) is 0 Å². The highest BCUT2D eigenvalue weighted by atomic mass is 16.5. The summed E-state index contributed by atoms with van der Waals surface area (Å²) < 4.78 is 5.52. The number of carbonyl (C=O) groups excluding carboxylic acids is 1. The first kappa shape index (κ1) is 11.2. The third-order valence-electron chi connectivity index (χ3n) is 3.04. The number of fused-ring (bicyclic) bond motifs is 1. The number of ether oxygens (including phenoxy) is 1. The van der Waals surface area contributed by atoms with Gasteiger partial charge in [0.05, 0.1) is 0 Å². The van der Waals surface area contributed by atoms with E-state index in [1.165, 1.54) is 11.1 Å². The number of aryl methyl sites for hydroxylation is 1. The molecule has 0 radical (unpaired) electrons. The number of hydrogen-bond acceptors (Lipinski definition) is 2. The summed E-state index contributed by atoms with van der Waals surface area (Å²) >= 11 is 0. The molecule has 1 aliphatic carbocycles. The summed E-state index contributed by atoms with van der Waals surface area (Å²) in [6, 6.07) is 8.29. The van der Waals surface area contributed by atoms with E-state index in [0.717, 1.165) is 25.7 Å². The van der Waals surface area contributed by atoms with E-state index < -0.39 is 0 Å². The molecule has 1 aromatic carbocycles. The van der Waals surface area contributed by atoms with Gasteiger partial charge in [-0.15, -0.1) is 0 Å². The molecule has 86 valence electrons. The lowest BCUT2D eigenvalue weighted by Crippen LogP contribution is -2.16. The minimum absolute atomic E-state index is 0.0102. The Morgan fingerprint density at radius 1 is 1.44 bits per heavy atom. The van der Waals surface area contributed by atoms with Gasteiger partial charge >= 0.3 is 5.97 Å². The first-order valence-corrected chi connectivity index (χ1v) is 6.08. The zero-order valence-electron chi connectivity index (χ0n) is 9.74. The standard InChI is InChI=1S/C14H18O2/c1-2-6-14(15)16-13-10-5-8-11-7-3-4-9-12(11)13/h3-4,7,9,13H,2,5-6,8,10H2,1H3/t13-/m0/s1. The lowest BCUT2D eigenvalue weighted by molar-refractivity contribution is -0.150. The van der Waals surface area contributed by atoms with Crippen molar-refractivity contribution in [2.45, 2.75) is 45.1 Å². The fraction of sp³-hybridized carbons (Fsp3) is 0.500. The van der Waals surface area contributed by atoms with Crippen LogP contribution in [0.15, 0.2) is 24.3 Å². The molecule has 0 fully saturated rings. The van der Waals surface area contributed by atoms with Crippen molar-refractivity contribution in [3.8, 4) is 0 Å². The smallest absolute Gasteiger partial charge is 0.306 e. The second kappa shape index (κ2) is 5.15. The van der Waals surface area contributed by atoms with Crippen LogP contribution in [-0.2, 0) is 16.0 Å². The molecule has 0 saturated carbocycles. The minimum atomic E-state index is -0.0656. The molecule has 1 aliphatic rings. The highest BCUT2D eigenvalue weighted by molar-refractivity contribution is 5.69. The number of carbonyl (C=O) groups is 1. The highest BCUT2D eigenvalue weighted by Crippen LogP contribution is 2.32. The second-order valence-electron chi connectivity index (χ2n) is 4.32. The first-order chi connectivity index (χ1) is 7.81. The Balaban J connectivity index is 2.10. The maximum Gasteiger partial charge on any atom is 0.306 e. The molecule has 0 aromatic heterocycles. The Morgan fingerprint density at radius 3 is 3.06 bits per heavy atom. The molecule has 0 saturated heterocycles. The van der Waals surface area contributed by atoms with E-state index >= 15 is 0 Å². The van der Waals surface area contributed by atoms with Crippen LogP contribution < -0.4 is 0 Å². The first-order valence-electron chi connectivity index (χ1n) is 6.08. The monoisotopic (exact) mass is 218 g/mol. The summed E-state index contributed by atoms with van der Waals surface area (Å²) in [5.41, 5.74) is 2.54. The zero-order valence-corrected chi connectivity index (χ0v) is 9.74.